The highest BCUT2D eigenvalue weighted by Gasteiger charge is 2.15. The number of furan rings is 1. The number of phenolic OH excluding ortho intramolecular Hbond substituents is 1. The van der Waals surface area contributed by atoms with Gasteiger partial charge in [-0.05, 0) is 18.2 Å². The van der Waals surface area contributed by atoms with E-state index in [-0.39, 0.29) is 11.5 Å². The monoisotopic (exact) mass is 261 g/mol. The Morgan fingerprint density at radius 3 is 2.95 bits per heavy atom. The second-order valence-electron chi connectivity index (χ2n) is 4.12. The third-order valence-electron chi connectivity index (χ3n) is 2.76. The van der Waals surface area contributed by atoms with E-state index in [0.717, 1.165) is 5.69 Å². The van der Waals surface area contributed by atoms with Gasteiger partial charge in [-0.3, -0.25) is 10.2 Å². The number of nitrogens with zero attached hydrogens (tertiary/aromatic N) is 1. The SMILES string of the molecule is CN(Cc1ccoc1C(=O)NN)c1cccc(O)c1. The van der Waals surface area contributed by atoms with E-state index in [1.165, 1.54) is 6.26 Å². The first-order chi connectivity index (χ1) is 9.11. The first-order valence-electron chi connectivity index (χ1n) is 5.69. The van der Waals surface area contributed by atoms with E-state index in [4.69, 9.17) is 10.3 Å². The summed E-state index contributed by atoms with van der Waals surface area (Å²) in [6, 6.07) is 8.57. The molecule has 6 nitrogen and oxygen atoms in total. The highest BCUT2D eigenvalue weighted by molar-refractivity contribution is 5.92. The fourth-order valence-electron chi connectivity index (χ4n) is 1.80. The number of hydrogen-bond acceptors (Lipinski definition) is 5. The zero-order chi connectivity index (χ0) is 13.8. The number of nitrogen functional groups attached to an aromatic ring is 1. The van der Waals surface area contributed by atoms with Gasteiger partial charge in [0.05, 0.1) is 6.26 Å². The number of carbonyl (C=O) groups is 1. The molecular weight excluding hydrogens is 246 g/mol. The number of nitrogens with one attached hydrogen (secondary N) is 1. The number of amides is 1. The molecule has 1 amide bonds. The fraction of sp³-hybridized carbons (Fsp3) is 0.154. The van der Waals surface area contributed by atoms with Crippen LogP contribution in [0.25, 0.3) is 0 Å². The van der Waals surface area contributed by atoms with E-state index in [1.807, 2.05) is 23.4 Å². The number of phenols is 1. The average molecular weight is 261 g/mol. The van der Waals surface area contributed by atoms with Gasteiger partial charge in [-0.15, -0.1) is 0 Å². The predicted octanol–water partition coefficient (Wildman–Crippen LogP) is 1.23. The Morgan fingerprint density at radius 2 is 2.26 bits per heavy atom. The van der Waals surface area contributed by atoms with Crippen molar-refractivity contribution in [1.82, 2.24) is 5.43 Å². The van der Waals surface area contributed by atoms with Crippen LogP contribution in [0.2, 0.25) is 0 Å². The molecule has 1 aromatic heterocycles. The lowest BCUT2D eigenvalue weighted by molar-refractivity contribution is 0.0924. The van der Waals surface area contributed by atoms with Crippen molar-refractivity contribution < 1.29 is 14.3 Å². The maximum Gasteiger partial charge on any atom is 0.301 e. The summed E-state index contributed by atoms with van der Waals surface area (Å²) in [5, 5.41) is 9.44. The molecule has 0 saturated heterocycles. The number of carbonyl (C=O) groups excluding carboxylic acids is 1. The Morgan fingerprint density at radius 1 is 1.47 bits per heavy atom. The van der Waals surface area contributed by atoms with Gasteiger partial charge >= 0.3 is 5.91 Å². The summed E-state index contributed by atoms with van der Waals surface area (Å²) in [5.74, 6) is 5.00. The molecule has 0 saturated carbocycles. The number of hydrogen-bond donors (Lipinski definition) is 3. The molecule has 0 aliphatic carbocycles. The van der Waals surface area contributed by atoms with Gasteiger partial charge in [0.15, 0.2) is 5.76 Å². The molecule has 1 aromatic carbocycles. The third-order valence-corrected chi connectivity index (χ3v) is 2.76. The molecule has 4 N–H and O–H groups in total. The summed E-state index contributed by atoms with van der Waals surface area (Å²) in [6.45, 7) is 0.461. The largest absolute Gasteiger partial charge is 0.508 e. The normalized spacial score (nSPS) is 10.2. The molecule has 0 atom stereocenters. The van der Waals surface area contributed by atoms with Crippen LogP contribution in [0.4, 0.5) is 5.69 Å². The number of hydrazine groups is 1. The van der Waals surface area contributed by atoms with E-state index in [2.05, 4.69) is 0 Å². The van der Waals surface area contributed by atoms with Crippen LogP contribution in [0.3, 0.4) is 0 Å². The Kier molecular flexibility index (Phi) is 3.72. The topological polar surface area (TPSA) is 91.7 Å². The summed E-state index contributed by atoms with van der Waals surface area (Å²) >= 11 is 0. The van der Waals surface area contributed by atoms with Crippen LogP contribution in [0.5, 0.6) is 5.75 Å². The summed E-state index contributed by atoms with van der Waals surface area (Å²) in [5.41, 5.74) is 3.59. The Labute approximate surface area is 110 Å². The number of rotatable bonds is 4. The maximum absolute atomic E-state index is 11.5. The molecule has 0 bridgehead atoms. The molecule has 19 heavy (non-hydrogen) atoms. The molecule has 0 radical (unpaired) electrons. The fourth-order valence-corrected chi connectivity index (χ4v) is 1.80. The molecule has 100 valence electrons. The smallest absolute Gasteiger partial charge is 0.301 e. The van der Waals surface area contributed by atoms with Gasteiger partial charge in [0.25, 0.3) is 0 Å². The molecular formula is C13H15N3O3. The van der Waals surface area contributed by atoms with Crippen LogP contribution in [0.1, 0.15) is 16.1 Å². The van der Waals surface area contributed by atoms with E-state index in [1.54, 1.807) is 24.3 Å². The second kappa shape index (κ2) is 5.45. The van der Waals surface area contributed by atoms with Crippen molar-refractivity contribution in [3.05, 3.63) is 47.9 Å². The van der Waals surface area contributed by atoms with Gasteiger partial charge in [0.1, 0.15) is 5.75 Å². The predicted molar refractivity (Wildman–Crippen MR) is 70.6 cm³/mol. The lowest BCUT2D eigenvalue weighted by Crippen LogP contribution is -2.31. The third kappa shape index (κ3) is 2.86. The molecule has 0 spiro atoms. The van der Waals surface area contributed by atoms with Crippen LogP contribution in [0.15, 0.2) is 41.0 Å². The summed E-state index contributed by atoms with van der Waals surface area (Å²) < 4.78 is 5.11. The number of nitrogens with two attached hydrogens (primary N) is 1. The molecule has 0 unspecified atom stereocenters. The lowest BCUT2D eigenvalue weighted by atomic mass is 10.2. The van der Waals surface area contributed by atoms with Gasteiger partial charge in [-0.25, -0.2) is 5.84 Å². The lowest BCUT2D eigenvalue weighted by Gasteiger charge is -2.19. The van der Waals surface area contributed by atoms with E-state index < -0.39 is 5.91 Å². The molecule has 0 fully saturated rings. The Balaban J connectivity index is 2.17. The zero-order valence-electron chi connectivity index (χ0n) is 10.5. The standard InChI is InChI=1S/C13H15N3O3/c1-16(10-3-2-4-11(17)7-10)8-9-5-6-19-12(9)13(18)15-14/h2-7,17H,8,14H2,1H3,(H,15,18). The Hall–Kier alpha value is -2.47. The van der Waals surface area contributed by atoms with Crippen molar-refractivity contribution >= 4 is 11.6 Å². The average Bonchev–Trinajstić information content (AvgIpc) is 2.86. The van der Waals surface area contributed by atoms with E-state index in [9.17, 15) is 9.90 Å². The Bertz CT molecular complexity index is 580. The van der Waals surface area contributed by atoms with Crippen molar-refractivity contribution in [2.24, 2.45) is 5.84 Å². The summed E-state index contributed by atoms with van der Waals surface area (Å²) in [6.07, 6.45) is 1.44. The number of benzene rings is 1. The van der Waals surface area contributed by atoms with Gasteiger partial charge in [-0.1, -0.05) is 6.07 Å². The van der Waals surface area contributed by atoms with Crippen molar-refractivity contribution in [2.45, 2.75) is 6.54 Å². The minimum Gasteiger partial charge on any atom is -0.508 e. The van der Waals surface area contributed by atoms with E-state index >= 15 is 0 Å². The van der Waals surface area contributed by atoms with Crippen molar-refractivity contribution in [2.75, 3.05) is 11.9 Å². The molecule has 0 aliphatic rings. The maximum atomic E-state index is 11.5. The first-order valence-corrected chi connectivity index (χ1v) is 5.69. The van der Waals surface area contributed by atoms with Crippen LogP contribution < -0.4 is 16.2 Å². The molecule has 2 rings (SSSR count). The zero-order valence-corrected chi connectivity index (χ0v) is 10.5. The van der Waals surface area contributed by atoms with Gasteiger partial charge < -0.3 is 14.4 Å². The number of anilines is 1. The van der Waals surface area contributed by atoms with Crippen LogP contribution in [-0.4, -0.2) is 18.1 Å². The number of aromatic hydroxyl groups is 1. The first kappa shape index (κ1) is 13.0. The minimum atomic E-state index is -0.468. The van der Waals surface area contributed by atoms with Crippen LogP contribution in [-0.2, 0) is 6.54 Å². The molecule has 6 heteroatoms. The van der Waals surface area contributed by atoms with Gasteiger partial charge in [0, 0.05) is 30.9 Å². The second-order valence-corrected chi connectivity index (χ2v) is 4.12. The highest BCUT2D eigenvalue weighted by Crippen LogP contribution is 2.21. The minimum absolute atomic E-state index is 0.189. The molecule has 0 aliphatic heterocycles. The van der Waals surface area contributed by atoms with E-state index in [0.29, 0.717) is 12.1 Å². The van der Waals surface area contributed by atoms with Gasteiger partial charge in [-0.2, -0.15) is 0 Å². The van der Waals surface area contributed by atoms with Crippen molar-refractivity contribution in [1.29, 1.82) is 0 Å². The van der Waals surface area contributed by atoms with Crippen LogP contribution >= 0.6 is 0 Å². The van der Waals surface area contributed by atoms with Crippen LogP contribution in [0, 0.1) is 0 Å². The molecule has 2 aromatic rings. The highest BCUT2D eigenvalue weighted by atomic mass is 16.3. The quantitative estimate of drug-likeness (QED) is 0.437. The van der Waals surface area contributed by atoms with Crippen molar-refractivity contribution in [3.63, 3.8) is 0 Å². The van der Waals surface area contributed by atoms with Gasteiger partial charge in [0.2, 0.25) is 0 Å². The van der Waals surface area contributed by atoms with Crippen molar-refractivity contribution in [3.8, 4) is 5.75 Å². The molecule has 1 heterocycles. The summed E-state index contributed by atoms with van der Waals surface area (Å²) in [4.78, 5) is 13.4. The summed E-state index contributed by atoms with van der Waals surface area (Å²) in [7, 11) is 1.85.